The molecule has 0 fully saturated rings. The summed E-state index contributed by atoms with van der Waals surface area (Å²) >= 11 is 6.07. The van der Waals surface area contributed by atoms with E-state index < -0.39 is 0 Å². The van der Waals surface area contributed by atoms with Crippen molar-refractivity contribution in [1.82, 2.24) is 5.32 Å². The lowest BCUT2D eigenvalue weighted by molar-refractivity contribution is 0.408. The zero-order chi connectivity index (χ0) is 15.1. The zero-order valence-corrected chi connectivity index (χ0v) is 13.4. The Bertz CT molecular complexity index is 571. The zero-order valence-electron chi connectivity index (χ0n) is 12.6. The molecule has 2 aromatic rings. The van der Waals surface area contributed by atoms with Gasteiger partial charge in [-0.2, -0.15) is 0 Å². The summed E-state index contributed by atoms with van der Waals surface area (Å²) in [4.78, 5) is 0. The van der Waals surface area contributed by atoms with Crippen LogP contribution in [0.15, 0.2) is 48.5 Å². The van der Waals surface area contributed by atoms with Crippen LogP contribution < -0.4 is 10.1 Å². The molecule has 0 aliphatic heterocycles. The summed E-state index contributed by atoms with van der Waals surface area (Å²) in [5.41, 5.74) is 2.47. The average molecular weight is 304 g/mol. The van der Waals surface area contributed by atoms with Gasteiger partial charge < -0.3 is 10.1 Å². The summed E-state index contributed by atoms with van der Waals surface area (Å²) in [6, 6.07) is 16.6. The molecule has 1 atom stereocenters. The van der Waals surface area contributed by atoms with Crippen LogP contribution in [0.5, 0.6) is 5.75 Å². The first-order valence-corrected chi connectivity index (χ1v) is 7.73. The Morgan fingerprint density at radius 2 is 1.95 bits per heavy atom. The molecule has 0 radical (unpaired) electrons. The molecular formula is C18H22ClNO. The van der Waals surface area contributed by atoms with E-state index in [-0.39, 0.29) is 0 Å². The maximum absolute atomic E-state index is 6.07. The summed E-state index contributed by atoms with van der Waals surface area (Å²) < 4.78 is 5.38. The lowest BCUT2D eigenvalue weighted by Gasteiger charge is -2.18. The SMILES string of the molecule is CCC(NCCc1ccccc1OC)c1cccc(Cl)c1. The molecule has 0 heterocycles. The van der Waals surface area contributed by atoms with Crippen molar-refractivity contribution in [2.45, 2.75) is 25.8 Å². The van der Waals surface area contributed by atoms with Crippen LogP contribution in [0.25, 0.3) is 0 Å². The molecule has 0 aliphatic rings. The molecule has 3 heteroatoms. The average Bonchev–Trinajstić information content (AvgIpc) is 2.52. The van der Waals surface area contributed by atoms with Gasteiger partial charge in [0.2, 0.25) is 0 Å². The quantitative estimate of drug-likeness (QED) is 0.805. The molecule has 1 N–H and O–H groups in total. The predicted molar refractivity (Wildman–Crippen MR) is 89.2 cm³/mol. The summed E-state index contributed by atoms with van der Waals surface area (Å²) in [6.45, 7) is 3.09. The molecule has 0 saturated heterocycles. The number of ether oxygens (including phenoxy) is 1. The highest BCUT2D eigenvalue weighted by Gasteiger charge is 2.09. The summed E-state index contributed by atoms with van der Waals surface area (Å²) in [6.07, 6.45) is 1.98. The molecule has 0 bridgehead atoms. The molecule has 2 aromatic carbocycles. The van der Waals surface area contributed by atoms with Gasteiger partial charge in [0.25, 0.3) is 0 Å². The fourth-order valence-electron chi connectivity index (χ4n) is 2.51. The Kier molecular flexibility index (Phi) is 6.09. The van der Waals surface area contributed by atoms with Crippen LogP contribution in [-0.4, -0.2) is 13.7 Å². The minimum absolute atomic E-state index is 0.332. The van der Waals surface area contributed by atoms with Gasteiger partial charge in [-0.05, 0) is 48.7 Å². The van der Waals surface area contributed by atoms with Crippen molar-refractivity contribution in [1.29, 1.82) is 0 Å². The molecule has 0 amide bonds. The number of methoxy groups -OCH3 is 1. The summed E-state index contributed by atoms with van der Waals surface area (Å²) in [5.74, 6) is 0.954. The minimum atomic E-state index is 0.332. The molecule has 112 valence electrons. The Morgan fingerprint density at radius 3 is 2.67 bits per heavy atom. The Morgan fingerprint density at radius 1 is 1.14 bits per heavy atom. The first kappa shape index (κ1) is 15.9. The van der Waals surface area contributed by atoms with Crippen LogP contribution in [0, 0.1) is 0 Å². The standard InChI is InChI=1S/C18H22ClNO/c1-3-17(15-8-6-9-16(19)13-15)20-12-11-14-7-4-5-10-18(14)21-2/h4-10,13,17,20H,3,11-12H2,1-2H3. The van der Waals surface area contributed by atoms with Gasteiger partial charge in [0, 0.05) is 11.1 Å². The van der Waals surface area contributed by atoms with E-state index in [9.17, 15) is 0 Å². The second-order valence-corrected chi connectivity index (χ2v) is 5.47. The topological polar surface area (TPSA) is 21.3 Å². The van der Waals surface area contributed by atoms with E-state index in [1.54, 1.807) is 7.11 Å². The van der Waals surface area contributed by atoms with Crippen molar-refractivity contribution in [3.8, 4) is 5.75 Å². The first-order valence-electron chi connectivity index (χ1n) is 7.35. The molecule has 0 aliphatic carbocycles. The Balaban J connectivity index is 1.95. The van der Waals surface area contributed by atoms with Gasteiger partial charge in [-0.3, -0.25) is 0 Å². The van der Waals surface area contributed by atoms with Crippen LogP contribution in [0.4, 0.5) is 0 Å². The lowest BCUT2D eigenvalue weighted by Crippen LogP contribution is -2.23. The van der Waals surface area contributed by atoms with Crippen molar-refractivity contribution >= 4 is 11.6 Å². The van der Waals surface area contributed by atoms with Crippen molar-refractivity contribution in [2.24, 2.45) is 0 Å². The molecule has 0 spiro atoms. The van der Waals surface area contributed by atoms with Crippen molar-refractivity contribution < 1.29 is 4.74 Å². The van der Waals surface area contributed by atoms with Crippen molar-refractivity contribution in [2.75, 3.05) is 13.7 Å². The van der Waals surface area contributed by atoms with Gasteiger partial charge in [0.05, 0.1) is 7.11 Å². The third kappa shape index (κ3) is 4.48. The molecule has 1 unspecified atom stereocenters. The highest BCUT2D eigenvalue weighted by atomic mass is 35.5. The van der Waals surface area contributed by atoms with E-state index in [4.69, 9.17) is 16.3 Å². The van der Waals surface area contributed by atoms with E-state index in [0.717, 1.165) is 30.2 Å². The largest absolute Gasteiger partial charge is 0.496 e. The second kappa shape index (κ2) is 8.06. The first-order chi connectivity index (χ1) is 10.2. The molecule has 0 saturated carbocycles. The van der Waals surface area contributed by atoms with Gasteiger partial charge in [0.15, 0.2) is 0 Å². The number of nitrogens with one attached hydrogen (secondary N) is 1. The van der Waals surface area contributed by atoms with Gasteiger partial charge in [-0.25, -0.2) is 0 Å². The minimum Gasteiger partial charge on any atom is -0.496 e. The molecule has 0 aromatic heterocycles. The summed E-state index contributed by atoms with van der Waals surface area (Å²) in [7, 11) is 1.72. The van der Waals surface area contributed by atoms with Gasteiger partial charge in [-0.15, -0.1) is 0 Å². The number of rotatable bonds is 7. The van der Waals surface area contributed by atoms with Crippen LogP contribution in [0.1, 0.15) is 30.5 Å². The Hall–Kier alpha value is -1.51. The van der Waals surface area contributed by atoms with Crippen LogP contribution in [0.2, 0.25) is 5.02 Å². The maximum atomic E-state index is 6.07. The highest BCUT2D eigenvalue weighted by Crippen LogP contribution is 2.21. The monoisotopic (exact) mass is 303 g/mol. The van der Waals surface area contributed by atoms with Crippen molar-refractivity contribution in [3.05, 3.63) is 64.7 Å². The third-order valence-corrected chi connectivity index (χ3v) is 3.87. The molecule has 2 rings (SSSR count). The van der Waals surface area contributed by atoms with E-state index in [1.807, 2.05) is 36.4 Å². The fourth-order valence-corrected chi connectivity index (χ4v) is 2.71. The lowest BCUT2D eigenvalue weighted by atomic mass is 10.0. The smallest absolute Gasteiger partial charge is 0.122 e. The van der Waals surface area contributed by atoms with Crippen molar-refractivity contribution in [3.63, 3.8) is 0 Å². The van der Waals surface area contributed by atoms with Crippen LogP contribution >= 0.6 is 11.6 Å². The van der Waals surface area contributed by atoms with E-state index >= 15 is 0 Å². The third-order valence-electron chi connectivity index (χ3n) is 3.64. The molecule has 2 nitrogen and oxygen atoms in total. The number of hydrogen-bond donors (Lipinski definition) is 1. The summed E-state index contributed by atoms with van der Waals surface area (Å²) in [5, 5.41) is 4.39. The van der Waals surface area contributed by atoms with Gasteiger partial charge in [-0.1, -0.05) is 48.9 Å². The maximum Gasteiger partial charge on any atom is 0.122 e. The van der Waals surface area contributed by atoms with E-state index in [0.29, 0.717) is 6.04 Å². The predicted octanol–water partition coefficient (Wildman–Crippen LogP) is 4.63. The van der Waals surface area contributed by atoms with E-state index in [2.05, 4.69) is 24.4 Å². The van der Waals surface area contributed by atoms with Gasteiger partial charge >= 0.3 is 0 Å². The second-order valence-electron chi connectivity index (χ2n) is 5.03. The van der Waals surface area contributed by atoms with Crippen LogP contribution in [0.3, 0.4) is 0 Å². The number of benzene rings is 2. The molecular weight excluding hydrogens is 282 g/mol. The molecule has 21 heavy (non-hydrogen) atoms. The van der Waals surface area contributed by atoms with Gasteiger partial charge in [0.1, 0.15) is 5.75 Å². The van der Waals surface area contributed by atoms with Crippen LogP contribution in [-0.2, 0) is 6.42 Å². The number of para-hydroxylation sites is 1. The number of hydrogen-bond acceptors (Lipinski definition) is 2. The van der Waals surface area contributed by atoms with E-state index in [1.165, 1.54) is 11.1 Å². The fraction of sp³-hybridized carbons (Fsp3) is 0.333. The highest BCUT2D eigenvalue weighted by molar-refractivity contribution is 6.30. The number of halogens is 1. The normalized spacial score (nSPS) is 12.1. The Labute approximate surface area is 132 Å².